The van der Waals surface area contributed by atoms with Crippen LogP contribution >= 0.6 is 0 Å². The van der Waals surface area contributed by atoms with Crippen molar-refractivity contribution in [3.05, 3.63) is 0 Å². The lowest BCUT2D eigenvalue weighted by Gasteiger charge is -2.30. The smallest absolute Gasteiger partial charge is 0.200 e. The highest BCUT2D eigenvalue weighted by atomic mass is 16.9. The van der Waals surface area contributed by atoms with E-state index < -0.39 is 17.4 Å². The molecule has 0 bridgehead atoms. The molecule has 6 nitrogen and oxygen atoms in total. The van der Waals surface area contributed by atoms with Crippen LogP contribution in [0.5, 0.6) is 0 Å². The van der Waals surface area contributed by atoms with Crippen LogP contribution in [0.3, 0.4) is 0 Å². The Bertz CT molecular complexity index is 469. The first kappa shape index (κ1) is 19.5. The zero-order valence-electron chi connectivity index (χ0n) is 16.4. The summed E-state index contributed by atoms with van der Waals surface area (Å²) in [4.78, 5) is 0. The fourth-order valence-electron chi connectivity index (χ4n) is 4.27. The molecule has 0 aromatic carbocycles. The van der Waals surface area contributed by atoms with E-state index in [1.165, 1.54) is 25.7 Å². The maximum atomic E-state index is 6.53. The summed E-state index contributed by atoms with van der Waals surface area (Å²) in [5.74, 6) is -2.04. The monoisotopic (exact) mass is 357 g/mol. The Labute approximate surface area is 151 Å². The number of nitrogens with two attached hydrogens (primary N) is 1. The van der Waals surface area contributed by atoms with Crippen LogP contribution in [-0.2, 0) is 23.7 Å². The summed E-state index contributed by atoms with van der Waals surface area (Å²) < 4.78 is 30.5. The van der Waals surface area contributed by atoms with Gasteiger partial charge in [-0.1, -0.05) is 32.6 Å². The average Bonchev–Trinajstić information content (AvgIpc) is 3.08. The molecule has 0 aromatic heterocycles. The molecule has 0 aliphatic carbocycles. The van der Waals surface area contributed by atoms with Gasteiger partial charge in [-0.15, -0.1) is 0 Å². The van der Waals surface area contributed by atoms with Crippen LogP contribution < -0.4 is 5.73 Å². The van der Waals surface area contributed by atoms with Crippen molar-refractivity contribution in [3.63, 3.8) is 0 Å². The van der Waals surface area contributed by atoms with E-state index in [-0.39, 0.29) is 24.4 Å². The number of ether oxygens (including phenoxy) is 5. The summed E-state index contributed by atoms with van der Waals surface area (Å²) in [7, 11) is 0. The van der Waals surface area contributed by atoms with Gasteiger partial charge in [0, 0.05) is 6.42 Å². The Kier molecular flexibility index (Phi) is 5.51. The van der Waals surface area contributed by atoms with Crippen LogP contribution in [0.1, 0.15) is 73.1 Å². The second kappa shape index (κ2) is 7.06. The molecule has 5 atom stereocenters. The topological polar surface area (TPSA) is 72.2 Å². The molecule has 3 heterocycles. The normalized spacial score (nSPS) is 42.0. The maximum Gasteiger partial charge on any atom is 0.200 e. The summed E-state index contributed by atoms with van der Waals surface area (Å²) in [6.07, 6.45) is 6.02. The Morgan fingerprint density at radius 3 is 2.28 bits per heavy atom. The second-order valence-corrected chi connectivity index (χ2v) is 8.54. The van der Waals surface area contributed by atoms with Crippen LogP contribution in [0.2, 0.25) is 0 Å². The minimum absolute atomic E-state index is 0.192. The number of unbranched alkanes of at least 4 members (excludes halogenated alkanes) is 4. The average molecular weight is 357 g/mol. The van der Waals surface area contributed by atoms with Crippen LogP contribution in [-0.4, -0.2) is 48.3 Å². The Morgan fingerprint density at radius 1 is 0.920 bits per heavy atom. The van der Waals surface area contributed by atoms with Gasteiger partial charge in [0.1, 0.15) is 18.3 Å². The summed E-state index contributed by atoms with van der Waals surface area (Å²) in [6.45, 7) is 10.4. The van der Waals surface area contributed by atoms with Crippen LogP contribution in [0.15, 0.2) is 0 Å². The van der Waals surface area contributed by atoms with E-state index in [1.807, 2.05) is 27.7 Å². The molecule has 0 spiro atoms. The molecule has 0 saturated carbocycles. The zero-order valence-corrected chi connectivity index (χ0v) is 16.4. The fourth-order valence-corrected chi connectivity index (χ4v) is 4.27. The molecular weight excluding hydrogens is 322 g/mol. The number of rotatable bonds is 7. The zero-order chi connectivity index (χ0) is 18.3. The Balaban J connectivity index is 1.67. The van der Waals surface area contributed by atoms with E-state index in [0.717, 1.165) is 12.8 Å². The highest BCUT2D eigenvalue weighted by molar-refractivity contribution is 5.07. The van der Waals surface area contributed by atoms with Crippen molar-refractivity contribution in [2.75, 3.05) is 6.61 Å². The molecule has 0 radical (unpaired) electrons. The first-order valence-corrected chi connectivity index (χ1v) is 9.81. The van der Waals surface area contributed by atoms with Crippen molar-refractivity contribution >= 4 is 0 Å². The third-order valence-electron chi connectivity index (χ3n) is 5.35. The summed E-state index contributed by atoms with van der Waals surface area (Å²) in [5, 5.41) is 0. The van der Waals surface area contributed by atoms with Gasteiger partial charge < -0.3 is 29.4 Å². The van der Waals surface area contributed by atoms with Crippen molar-refractivity contribution in [1.29, 1.82) is 0 Å². The molecule has 2 N–H and O–H groups in total. The predicted octanol–water partition coefficient (Wildman–Crippen LogP) is 3.07. The lowest BCUT2D eigenvalue weighted by molar-refractivity contribution is -0.274. The molecule has 0 aromatic rings. The number of hydrogen-bond donors (Lipinski definition) is 1. The molecule has 0 amide bonds. The molecule has 3 rings (SSSR count). The van der Waals surface area contributed by atoms with E-state index in [0.29, 0.717) is 6.61 Å². The highest BCUT2D eigenvalue weighted by Crippen LogP contribution is 2.49. The van der Waals surface area contributed by atoms with Crippen molar-refractivity contribution < 1.29 is 23.7 Å². The second-order valence-electron chi connectivity index (χ2n) is 8.54. The minimum Gasteiger partial charge on any atom is -0.348 e. The van der Waals surface area contributed by atoms with Crippen molar-refractivity contribution in [1.82, 2.24) is 0 Å². The van der Waals surface area contributed by atoms with Gasteiger partial charge in [0.15, 0.2) is 17.4 Å². The summed E-state index contributed by atoms with van der Waals surface area (Å²) in [6, 6.07) is -0.292. The number of fused-ring (bicyclic) bond motifs is 1. The predicted molar refractivity (Wildman–Crippen MR) is 93.9 cm³/mol. The Hall–Kier alpha value is -0.240. The molecule has 3 fully saturated rings. The number of hydrogen-bond acceptors (Lipinski definition) is 6. The molecule has 0 unspecified atom stereocenters. The van der Waals surface area contributed by atoms with E-state index >= 15 is 0 Å². The first-order chi connectivity index (χ1) is 11.7. The van der Waals surface area contributed by atoms with Crippen molar-refractivity contribution in [2.45, 2.75) is 115 Å². The molecular formula is C19H35NO5. The third-order valence-corrected chi connectivity index (χ3v) is 5.35. The SMILES string of the molecule is CCCCCCC[C@]12O[C@H]([C@H]3COC(C)(C)O3)[C@H](N)[C@H]1OC(C)(C)O2. The van der Waals surface area contributed by atoms with Gasteiger partial charge in [0.05, 0.1) is 12.6 Å². The fraction of sp³-hybridized carbons (Fsp3) is 1.00. The molecule has 3 saturated heterocycles. The quantitative estimate of drug-likeness (QED) is 0.706. The van der Waals surface area contributed by atoms with Crippen molar-refractivity contribution in [2.24, 2.45) is 5.73 Å². The van der Waals surface area contributed by atoms with Crippen LogP contribution in [0.4, 0.5) is 0 Å². The summed E-state index contributed by atoms with van der Waals surface area (Å²) >= 11 is 0. The molecule has 3 aliphatic heterocycles. The van der Waals surface area contributed by atoms with Gasteiger partial charge in [-0.25, -0.2) is 0 Å². The van der Waals surface area contributed by atoms with Gasteiger partial charge in [-0.3, -0.25) is 0 Å². The summed E-state index contributed by atoms with van der Waals surface area (Å²) in [5.41, 5.74) is 6.53. The lowest BCUT2D eigenvalue weighted by Crippen LogP contribution is -2.48. The molecule has 6 heteroatoms. The largest absolute Gasteiger partial charge is 0.348 e. The third kappa shape index (κ3) is 4.04. The van der Waals surface area contributed by atoms with Gasteiger partial charge in [0.25, 0.3) is 0 Å². The van der Waals surface area contributed by atoms with E-state index in [2.05, 4.69) is 6.92 Å². The van der Waals surface area contributed by atoms with Gasteiger partial charge in [-0.2, -0.15) is 0 Å². The van der Waals surface area contributed by atoms with Gasteiger partial charge >= 0.3 is 0 Å². The Morgan fingerprint density at radius 2 is 1.64 bits per heavy atom. The first-order valence-electron chi connectivity index (χ1n) is 9.81. The van der Waals surface area contributed by atoms with Crippen LogP contribution in [0.25, 0.3) is 0 Å². The lowest BCUT2D eigenvalue weighted by atomic mass is 9.96. The van der Waals surface area contributed by atoms with E-state index in [4.69, 9.17) is 29.4 Å². The molecule has 3 aliphatic rings. The van der Waals surface area contributed by atoms with Gasteiger partial charge in [0.2, 0.25) is 0 Å². The van der Waals surface area contributed by atoms with Crippen molar-refractivity contribution in [3.8, 4) is 0 Å². The standard InChI is InChI=1S/C19H35NO5/c1-6-7-8-9-10-11-19-16(24-18(4,5)25-19)14(20)15(23-19)13-12-21-17(2,3)22-13/h13-16H,6-12,20H2,1-5H3/t13-,14+,15-,16-,19-/m1/s1. The molecule has 25 heavy (non-hydrogen) atoms. The minimum atomic E-state index is -0.768. The van der Waals surface area contributed by atoms with E-state index in [9.17, 15) is 0 Å². The van der Waals surface area contributed by atoms with Crippen LogP contribution in [0, 0.1) is 0 Å². The van der Waals surface area contributed by atoms with Gasteiger partial charge in [-0.05, 0) is 34.1 Å². The maximum absolute atomic E-state index is 6.53. The molecule has 146 valence electrons. The van der Waals surface area contributed by atoms with E-state index in [1.54, 1.807) is 0 Å². The highest BCUT2D eigenvalue weighted by Gasteiger charge is 2.65.